The molecule has 2 N–H and O–H groups in total. The molecule has 2 aromatic rings. The van der Waals surface area contributed by atoms with Crippen molar-refractivity contribution < 1.29 is 19.1 Å². The highest BCUT2D eigenvalue weighted by Gasteiger charge is 2.32. The summed E-state index contributed by atoms with van der Waals surface area (Å²) in [7, 11) is 0. The number of carbonyl (C=O) groups is 2. The zero-order chi connectivity index (χ0) is 21.3. The van der Waals surface area contributed by atoms with Crippen LogP contribution in [0.25, 0.3) is 11.3 Å². The second-order valence-corrected chi connectivity index (χ2v) is 7.84. The van der Waals surface area contributed by atoms with Gasteiger partial charge in [-0.3, -0.25) is 4.79 Å². The Bertz CT molecular complexity index is 1030. The van der Waals surface area contributed by atoms with Crippen molar-refractivity contribution in [3.05, 3.63) is 64.7 Å². The van der Waals surface area contributed by atoms with Crippen molar-refractivity contribution in [2.24, 2.45) is 5.92 Å². The Morgan fingerprint density at radius 1 is 1.17 bits per heavy atom. The van der Waals surface area contributed by atoms with Gasteiger partial charge in [0.2, 0.25) is 0 Å². The van der Waals surface area contributed by atoms with Gasteiger partial charge in [0.25, 0.3) is 5.91 Å². The SMILES string of the molecule is CCOC(=O)C(NC(=C1C(=O)Nc2ccccc21)c1ccc2c(c1)COC2)C(C)C. The summed E-state index contributed by atoms with van der Waals surface area (Å²) >= 11 is 0. The second-order valence-electron chi connectivity index (χ2n) is 7.84. The Morgan fingerprint density at radius 3 is 2.70 bits per heavy atom. The number of hydrogen-bond donors (Lipinski definition) is 2. The molecular weight excluding hydrogens is 380 g/mol. The second kappa shape index (κ2) is 8.32. The van der Waals surface area contributed by atoms with Crippen LogP contribution in [0.2, 0.25) is 0 Å². The summed E-state index contributed by atoms with van der Waals surface area (Å²) in [5, 5.41) is 6.29. The molecule has 0 saturated heterocycles. The fourth-order valence-electron chi connectivity index (χ4n) is 3.88. The Labute approximate surface area is 176 Å². The van der Waals surface area contributed by atoms with Gasteiger partial charge in [0.1, 0.15) is 6.04 Å². The monoisotopic (exact) mass is 406 g/mol. The van der Waals surface area contributed by atoms with Gasteiger partial charge in [-0.1, -0.05) is 44.2 Å². The number of hydrogen-bond acceptors (Lipinski definition) is 5. The third kappa shape index (κ3) is 3.71. The van der Waals surface area contributed by atoms with Gasteiger partial charge in [0, 0.05) is 11.3 Å². The van der Waals surface area contributed by atoms with Crippen molar-refractivity contribution in [3.63, 3.8) is 0 Å². The molecule has 30 heavy (non-hydrogen) atoms. The minimum absolute atomic E-state index is 0.0304. The first-order chi connectivity index (χ1) is 14.5. The summed E-state index contributed by atoms with van der Waals surface area (Å²) in [6.45, 7) is 7.13. The number of rotatable bonds is 6. The van der Waals surface area contributed by atoms with Crippen molar-refractivity contribution in [1.82, 2.24) is 5.32 Å². The molecule has 4 rings (SSSR count). The first-order valence-corrected chi connectivity index (χ1v) is 10.3. The molecule has 0 radical (unpaired) electrons. The van der Waals surface area contributed by atoms with Crippen LogP contribution in [0, 0.1) is 5.92 Å². The van der Waals surface area contributed by atoms with Crippen LogP contribution >= 0.6 is 0 Å². The molecule has 2 aliphatic heterocycles. The number of carbonyl (C=O) groups excluding carboxylic acids is 2. The van der Waals surface area contributed by atoms with Gasteiger partial charge in [-0.15, -0.1) is 0 Å². The number of benzene rings is 2. The normalized spacial score (nSPS) is 17.3. The van der Waals surface area contributed by atoms with Crippen LogP contribution in [0.3, 0.4) is 0 Å². The van der Waals surface area contributed by atoms with Crippen molar-refractivity contribution in [2.45, 2.75) is 40.0 Å². The Kier molecular flexibility index (Phi) is 5.59. The molecule has 1 amide bonds. The van der Waals surface area contributed by atoms with E-state index in [-0.39, 0.29) is 17.8 Å². The third-order valence-electron chi connectivity index (χ3n) is 5.44. The lowest BCUT2D eigenvalue weighted by molar-refractivity contribution is -0.146. The van der Waals surface area contributed by atoms with E-state index >= 15 is 0 Å². The summed E-state index contributed by atoms with van der Waals surface area (Å²) in [6, 6.07) is 13.0. The molecule has 6 nitrogen and oxygen atoms in total. The molecule has 2 aliphatic rings. The molecule has 6 heteroatoms. The Balaban J connectivity index is 1.86. The fourth-order valence-corrected chi connectivity index (χ4v) is 3.88. The maximum Gasteiger partial charge on any atom is 0.328 e. The molecule has 0 spiro atoms. The molecule has 0 bridgehead atoms. The lowest BCUT2D eigenvalue weighted by Crippen LogP contribution is -2.41. The van der Waals surface area contributed by atoms with Gasteiger partial charge < -0.3 is 20.1 Å². The van der Waals surface area contributed by atoms with Gasteiger partial charge in [-0.2, -0.15) is 0 Å². The number of anilines is 1. The molecule has 0 saturated carbocycles. The highest BCUT2D eigenvalue weighted by atomic mass is 16.5. The number of nitrogens with one attached hydrogen (secondary N) is 2. The zero-order valence-electron chi connectivity index (χ0n) is 17.5. The predicted octanol–water partition coefficient (Wildman–Crippen LogP) is 3.71. The zero-order valence-corrected chi connectivity index (χ0v) is 17.5. The van der Waals surface area contributed by atoms with E-state index in [1.807, 2.05) is 56.3 Å². The van der Waals surface area contributed by atoms with Gasteiger partial charge in [-0.25, -0.2) is 4.79 Å². The molecule has 2 aromatic carbocycles. The minimum atomic E-state index is -0.586. The van der Waals surface area contributed by atoms with Crippen LogP contribution in [0.1, 0.15) is 43.0 Å². The van der Waals surface area contributed by atoms with Crippen LogP contribution in [0.5, 0.6) is 0 Å². The van der Waals surface area contributed by atoms with Gasteiger partial charge >= 0.3 is 5.97 Å². The van der Waals surface area contributed by atoms with Gasteiger partial charge in [0.05, 0.1) is 31.1 Å². The molecule has 0 fully saturated rings. The maximum atomic E-state index is 13.0. The van der Waals surface area contributed by atoms with E-state index in [4.69, 9.17) is 9.47 Å². The topological polar surface area (TPSA) is 76.7 Å². The molecule has 0 aromatic heterocycles. The third-order valence-corrected chi connectivity index (χ3v) is 5.44. The summed E-state index contributed by atoms with van der Waals surface area (Å²) in [5.41, 5.74) is 5.81. The molecule has 1 unspecified atom stereocenters. The molecule has 2 heterocycles. The van der Waals surface area contributed by atoms with E-state index in [0.29, 0.717) is 31.1 Å². The number of amides is 1. The van der Waals surface area contributed by atoms with Crippen LogP contribution in [0.4, 0.5) is 5.69 Å². The summed E-state index contributed by atoms with van der Waals surface area (Å²) < 4.78 is 10.8. The average Bonchev–Trinajstić information content (AvgIpc) is 3.32. The number of ether oxygens (including phenoxy) is 2. The summed E-state index contributed by atoms with van der Waals surface area (Å²) in [5.74, 6) is -0.555. The molecule has 156 valence electrons. The first-order valence-electron chi connectivity index (χ1n) is 10.3. The Morgan fingerprint density at radius 2 is 1.93 bits per heavy atom. The number of para-hydroxylation sites is 1. The maximum absolute atomic E-state index is 13.0. The van der Waals surface area contributed by atoms with Crippen molar-refractivity contribution >= 4 is 28.8 Å². The van der Waals surface area contributed by atoms with Crippen LogP contribution in [-0.2, 0) is 32.3 Å². The minimum Gasteiger partial charge on any atom is -0.464 e. The van der Waals surface area contributed by atoms with E-state index in [2.05, 4.69) is 10.6 Å². The van der Waals surface area contributed by atoms with Crippen molar-refractivity contribution in [3.8, 4) is 0 Å². The van der Waals surface area contributed by atoms with Crippen LogP contribution in [-0.4, -0.2) is 24.5 Å². The standard InChI is InChI=1S/C24H26N2O4/c1-4-30-24(28)21(14(2)3)26-22(15-9-10-16-12-29-13-17(16)11-15)20-18-7-5-6-8-19(18)25-23(20)27/h5-11,14,21,26H,4,12-13H2,1-3H3,(H,25,27). The Hall–Kier alpha value is -3.12. The quantitative estimate of drug-likeness (QED) is 0.565. The van der Waals surface area contributed by atoms with E-state index in [9.17, 15) is 9.59 Å². The van der Waals surface area contributed by atoms with Gasteiger partial charge in [-0.05, 0) is 41.7 Å². The average molecular weight is 406 g/mol. The van der Waals surface area contributed by atoms with Crippen molar-refractivity contribution in [2.75, 3.05) is 11.9 Å². The fraction of sp³-hybridized carbons (Fsp3) is 0.333. The predicted molar refractivity (Wildman–Crippen MR) is 115 cm³/mol. The largest absolute Gasteiger partial charge is 0.464 e. The van der Waals surface area contributed by atoms with E-state index in [0.717, 1.165) is 27.9 Å². The number of fused-ring (bicyclic) bond motifs is 2. The van der Waals surface area contributed by atoms with E-state index < -0.39 is 6.04 Å². The first kappa shape index (κ1) is 20.2. The molecule has 0 aliphatic carbocycles. The van der Waals surface area contributed by atoms with E-state index in [1.165, 1.54) is 0 Å². The number of esters is 1. The smallest absolute Gasteiger partial charge is 0.328 e. The summed E-state index contributed by atoms with van der Waals surface area (Å²) in [4.78, 5) is 25.6. The molecule has 1 atom stereocenters. The lowest BCUT2D eigenvalue weighted by Gasteiger charge is -2.25. The molecular formula is C24H26N2O4. The lowest BCUT2D eigenvalue weighted by atomic mass is 9.95. The highest BCUT2D eigenvalue weighted by molar-refractivity contribution is 6.36. The van der Waals surface area contributed by atoms with Crippen LogP contribution < -0.4 is 10.6 Å². The van der Waals surface area contributed by atoms with Crippen molar-refractivity contribution in [1.29, 1.82) is 0 Å². The van der Waals surface area contributed by atoms with Gasteiger partial charge in [0.15, 0.2) is 0 Å². The van der Waals surface area contributed by atoms with Crippen LogP contribution in [0.15, 0.2) is 42.5 Å². The highest BCUT2D eigenvalue weighted by Crippen LogP contribution is 2.37. The van der Waals surface area contributed by atoms with E-state index in [1.54, 1.807) is 6.92 Å². The summed E-state index contributed by atoms with van der Waals surface area (Å²) in [6.07, 6.45) is 0.